The lowest BCUT2D eigenvalue weighted by Gasteiger charge is -2.27. The molecule has 1 atom stereocenters. The van der Waals surface area contributed by atoms with Gasteiger partial charge in [0, 0.05) is 18.0 Å². The summed E-state index contributed by atoms with van der Waals surface area (Å²) in [4.78, 5) is 27.9. The Hall–Kier alpha value is -2.12. The van der Waals surface area contributed by atoms with Crippen molar-refractivity contribution in [2.24, 2.45) is 4.99 Å². The molecule has 1 aromatic carbocycles. The van der Waals surface area contributed by atoms with Crippen molar-refractivity contribution in [1.82, 2.24) is 9.97 Å². The number of aromatic nitrogens is 2. The summed E-state index contributed by atoms with van der Waals surface area (Å²) in [7, 11) is 1.95. The van der Waals surface area contributed by atoms with Gasteiger partial charge in [0.2, 0.25) is 5.28 Å². The Bertz CT molecular complexity index is 857. The first kappa shape index (κ1) is 23.2. The predicted molar refractivity (Wildman–Crippen MR) is 124 cm³/mol. The van der Waals surface area contributed by atoms with Crippen LogP contribution in [0.3, 0.4) is 0 Å². The molecule has 156 valence electrons. The number of rotatable bonds is 9. The second-order valence-corrected chi connectivity index (χ2v) is 8.34. The molecule has 0 spiro atoms. The van der Waals surface area contributed by atoms with Crippen LogP contribution in [0.15, 0.2) is 34.2 Å². The van der Waals surface area contributed by atoms with Gasteiger partial charge < -0.3 is 10.2 Å². The Morgan fingerprint density at radius 3 is 2.59 bits per heavy atom. The van der Waals surface area contributed by atoms with Crippen LogP contribution in [-0.2, 0) is 11.3 Å². The maximum absolute atomic E-state index is 11.6. The molecule has 8 heteroatoms. The van der Waals surface area contributed by atoms with Crippen molar-refractivity contribution in [2.75, 3.05) is 23.0 Å². The Kier molecular flexibility index (Phi) is 8.92. The van der Waals surface area contributed by atoms with Gasteiger partial charge in [0.15, 0.2) is 17.9 Å². The first-order valence-corrected chi connectivity index (χ1v) is 11.0. The molecule has 1 N–H and O–H groups in total. The number of halogens is 1. The minimum Gasteiger partial charge on any atom is -0.355 e. The first-order valence-electron chi connectivity index (χ1n) is 9.64. The number of anilines is 2. The van der Waals surface area contributed by atoms with E-state index in [-0.39, 0.29) is 17.2 Å². The average molecular weight is 434 g/mol. The molecule has 1 aromatic heterocycles. The van der Waals surface area contributed by atoms with Crippen LogP contribution in [-0.4, -0.2) is 40.9 Å². The lowest BCUT2D eigenvalue weighted by Crippen LogP contribution is -2.31. The molecule has 0 saturated carbocycles. The van der Waals surface area contributed by atoms with E-state index in [9.17, 15) is 4.79 Å². The highest BCUT2D eigenvalue weighted by Crippen LogP contribution is 2.29. The summed E-state index contributed by atoms with van der Waals surface area (Å²) in [6, 6.07) is 8.45. The summed E-state index contributed by atoms with van der Waals surface area (Å²) in [6.45, 7) is 8.57. The number of amidine groups is 1. The van der Waals surface area contributed by atoms with Gasteiger partial charge in [-0.15, -0.1) is 11.8 Å². The van der Waals surface area contributed by atoms with Crippen molar-refractivity contribution in [3.63, 3.8) is 0 Å². The lowest BCUT2D eigenvalue weighted by molar-refractivity contribution is -0.102. The Labute approximate surface area is 182 Å². The SMILES string of the molecule is CCSc1ccc(CN=C(C=O)Nc2c(C)nc(Cl)nc2N(C)[C@H](C)CC)cc1. The van der Waals surface area contributed by atoms with Gasteiger partial charge in [-0.2, -0.15) is 4.98 Å². The van der Waals surface area contributed by atoms with Crippen molar-refractivity contribution in [1.29, 1.82) is 0 Å². The standard InChI is InChI=1S/C21H28ClN5OS/c1-6-14(3)27(5)20-19(15(4)24-21(22)26-20)25-18(13-28)23-12-16-8-10-17(11-9-16)29-7-2/h8-11,13-14H,6-7,12H2,1-5H3,(H,23,25)/t14-/m1/s1. The van der Waals surface area contributed by atoms with E-state index >= 15 is 0 Å². The Morgan fingerprint density at radius 1 is 1.31 bits per heavy atom. The van der Waals surface area contributed by atoms with E-state index in [1.54, 1.807) is 11.8 Å². The van der Waals surface area contributed by atoms with E-state index in [2.05, 4.69) is 53.2 Å². The van der Waals surface area contributed by atoms with E-state index in [0.717, 1.165) is 17.7 Å². The number of thioether (sulfide) groups is 1. The van der Waals surface area contributed by atoms with Crippen LogP contribution in [0.2, 0.25) is 5.28 Å². The van der Waals surface area contributed by atoms with Crippen molar-refractivity contribution in [3.8, 4) is 0 Å². The van der Waals surface area contributed by atoms with E-state index < -0.39 is 0 Å². The van der Waals surface area contributed by atoms with Crippen LogP contribution in [0.5, 0.6) is 0 Å². The second-order valence-electron chi connectivity index (χ2n) is 6.67. The van der Waals surface area contributed by atoms with Gasteiger partial charge in [0.1, 0.15) is 5.69 Å². The third-order valence-electron chi connectivity index (χ3n) is 4.66. The smallest absolute Gasteiger partial charge is 0.224 e. The Morgan fingerprint density at radius 2 is 2.00 bits per heavy atom. The van der Waals surface area contributed by atoms with Gasteiger partial charge in [0.25, 0.3) is 0 Å². The fraction of sp³-hybridized carbons (Fsp3) is 0.429. The molecule has 6 nitrogen and oxygen atoms in total. The molecule has 0 radical (unpaired) electrons. The summed E-state index contributed by atoms with van der Waals surface area (Å²) >= 11 is 7.87. The highest BCUT2D eigenvalue weighted by Gasteiger charge is 2.19. The van der Waals surface area contributed by atoms with Gasteiger partial charge in [-0.05, 0) is 55.3 Å². The molecule has 2 rings (SSSR count). The quantitative estimate of drug-likeness (QED) is 0.197. The van der Waals surface area contributed by atoms with Crippen LogP contribution in [0.4, 0.5) is 11.5 Å². The summed E-state index contributed by atoms with van der Waals surface area (Å²) in [5.74, 6) is 1.91. The number of nitrogens with one attached hydrogen (secondary N) is 1. The normalized spacial score (nSPS) is 12.6. The van der Waals surface area contributed by atoms with E-state index in [1.165, 1.54) is 4.90 Å². The van der Waals surface area contributed by atoms with Crippen molar-refractivity contribution >= 4 is 47.0 Å². The predicted octanol–water partition coefficient (Wildman–Crippen LogP) is 4.99. The number of benzene rings is 1. The fourth-order valence-corrected chi connectivity index (χ4v) is 3.55. The number of hydrogen-bond donors (Lipinski definition) is 1. The highest BCUT2D eigenvalue weighted by atomic mass is 35.5. The van der Waals surface area contributed by atoms with Gasteiger partial charge in [-0.1, -0.05) is 26.0 Å². The average Bonchev–Trinajstić information content (AvgIpc) is 2.72. The highest BCUT2D eigenvalue weighted by molar-refractivity contribution is 7.99. The summed E-state index contributed by atoms with van der Waals surface area (Å²) in [5, 5.41) is 3.28. The molecular weight excluding hydrogens is 406 g/mol. The molecule has 29 heavy (non-hydrogen) atoms. The topological polar surface area (TPSA) is 70.5 Å². The number of hydrogen-bond acceptors (Lipinski definition) is 6. The van der Waals surface area contributed by atoms with E-state index in [0.29, 0.717) is 30.0 Å². The minimum atomic E-state index is 0.174. The van der Waals surface area contributed by atoms with Crippen molar-refractivity contribution < 1.29 is 4.79 Å². The molecular formula is C21H28ClN5OS. The molecule has 2 aromatic rings. The van der Waals surface area contributed by atoms with Crippen LogP contribution >= 0.6 is 23.4 Å². The molecule has 1 heterocycles. The van der Waals surface area contributed by atoms with Crippen LogP contribution in [0.25, 0.3) is 0 Å². The zero-order valence-electron chi connectivity index (χ0n) is 17.6. The van der Waals surface area contributed by atoms with Gasteiger partial charge in [-0.3, -0.25) is 9.79 Å². The first-order chi connectivity index (χ1) is 13.9. The monoisotopic (exact) mass is 433 g/mol. The number of carbonyl (C=O) groups excluding carboxylic acids is 1. The number of aldehydes is 1. The lowest BCUT2D eigenvalue weighted by atomic mass is 10.2. The van der Waals surface area contributed by atoms with Crippen LogP contribution in [0, 0.1) is 6.92 Å². The second kappa shape index (κ2) is 11.2. The molecule has 0 aliphatic carbocycles. The third kappa shape index (κ3) is 6.44. The number of nitrogens with zero attached hydrogens (tertiary/aromatic N) is 4. The maximum atomic E-state index is 11.6. The number of aryl methyl sites for hydroxylation is 1. The van der Waals surface area contributed by atoms with E-state index in [1.807, 2.05) is 31.0 Å². The number of carbonyl (C=O) groups is 1. The Balaban J connectivity index is 2.25. The minimum absolute atomic E-state index is 0.174. The molecule has 0 saturated heterocycles. The van der Waals surface area contributed by atoms with Crippen molar-refractivity contribution in [3.05, 3.63) is 40.8 Å². The summed E-state index contributed by atoms with van der Waals surface area (Å²) < 4.78 is 0. The summed E-state index contributed by atoms with van der Waals surface area (Å²) in [5.41, 5.74) is 2.33. The zero-order valence-corrected chi connectivity index (χ0v) is 19.1. The zero-order chi connectivity index (χ0) is 21.4. The third-order valence-corrected chi connectivity index (χ3v) is 5.72. The van der Waals surface area contributed by atoms with Gasteiger partial charge >= 0.3 is 0 Å². The van der Waals surface area contributed by atoms with Crippen LogP contribution in [0.1, 0.15) is 38.4 Å². The number of aliphatic imine (C=N–C) groups is 1. The molecule has 0 bridgehead atoms. The van der Waals surface area contributed by atoms with Crippen molar-refractivity contribution in [2.45, 2.75) is 51.6 Å². The van der Waals surface area contributed by atoms with E-state index in [4.69, 9.17) is 11.6 Å². The van der Waals surface area contributed by atoms with Crippen LogP contribution < -0.4 is 10.2 Å². The summed E-state index contributed by atoms with van der Waals surface area (Å²) in [6.07, 6.45) is 1.65. The van der Waals surface area contributed by atoms with Gasteiger partial charge in [-0.25, -0.2) is 4.98 Å². The van der Waals surface area contributed by atoms with Gasteiger partial charge in [0.05, 0.1) is 12.2 Å². The molecule has 0 unspecified atom stereocenters. The molecule has 0 amide bonds. The maximum Gasteiger partial charge on any atom is 0.224 e. The fourth-order valence-electron chi connectivity index (χ4n) is 2.68. The molecule has 0 aliphatic rings. The molecule has 0 aliphatic heterocycles. The largest absolute Gasteiger partial charge is 0.355 e. The molecule has 0 fully saturated rings.